The fraction of sp³-hybridized carbons (Fsp3) is 0.278. The summed E-state index contributed by atoms with van der Waals surface area (Å²) in [5.41, 5.74) is 1.52. The third-order valence-corrected chi connectivity index (χ3v) is 3.52. The Morgan fingerprint density at radius 2 is 1.79 bits per heavy atom. The van der Waals surface area contributed by atoms with Crippen LogP contribution in [0.15, 0.2) is 48.8 Å². The summed E-state index contributed by atoms with van der Waals surface area (Å²) in [7, 11) is 0. The molecule has 0 saturated heterocycles. The van der Waals surface area contributed by atoms with Gasteiger partial charge in [0.15, 0.2) is 0 Å². The van der Waals surface area contributed by atoms with E-state index in [-0.39, 0.29) is 18.9 Å². The number of hydrogen-bond donors (Lipinski definition) is 1. The topological polar surface area (TPSA) is 79.7 Å². The third-order valence-electron chi connectivity index (χ3n) is 3.52. The first kappa shape index (κ1) is 17.5. The number of benzene rings is 1. The Hall–Kier alpha value is -2.89. The summed E-state index contributed by atoms with van der Waals surface area (Å²) in [6.45, 7) is 2.92. The zero-order valence-electron chi connectivity index (χ0n) is 13.5. The maximum Gasteiger partial charge on any atom is 0.305 e. The van der Waals surface area contributed by atoms with Crippen LogP contribution in [0.2, 0.25) is 0 Å². The third kappa shape index (κ3) is 5.08. The van der Waals surface area contributed by atoms with E-state index in [4.69, 9.17) is 9.84 Å². The predicted octanol–water partition coefficient (Wildman–Crippen LogP) is 2.60. The quantitative estimate of drug-likeness (QED) is 0.806. The molecule has 1 amide bonds. The highest BCUT2D eigenvalue weighted by molar-refractivity contribution is 5.94. The lowest BCUT2D eigenvalue weighted by molar-refractivity contribution is -0.137. The van der Waals surface area contributed by atoms with E-state index in [1.54, 1.807) is 36.7 Å². The highest BCUT2D eigenvalue weighted by Crippen LogP contribution is 2.15. The van der Waals surface area contributed by atoms with Gasteiger partial charge in [-0.25, -0.2) is 0 Å². The number of rotatable bonds is 8. The van der Waals surface area contributed by atoms with Crippen molar-refractivity contribution in [1.82, 2.24) is 9.88 Å². The normalized spacial score (nSPS) is 10.2. The van der Waals surface area contributed by atoms with E-state index in [9.17, 15) is 9.59 Å². The molecule has 24 heavy (non-hydrogen) atoms. The summed E-state index contributed by atoms with van der Waals surface area (Å²) in [5, 5.41) is 8.74. The van der Waals surface area contributed by atoms with Gasteiger partial charge in [0.2, 0.25) is 0 Å². The monoisotopic (exact) mass is 328 g/mol. The van der Waals surface area contributed by atoms with E-state index in [0.717, 1.165) is 5.56 Å². The molecule has 0 aliphatic carbocycles. The van der Waals surface area contributed by atoms with Crippen molar-refractivity contribution in [1.29, 1.82) is 0 Å². The van der Waals surface area contributed by atoms with Crippen molar-refractivity contribution in [3.8, 4) is 5.75 Å². The van der Waals surface area contributed by atoms with Gasteiger partial charge in [0, 0.05) is 31.0 Å². The van der Waals surface area contributed by atoms with Crippen LogP contribution in [0.3, 0.4) is 0 Å². The molecule has 126 valence electrons. The zero-order chi connectivity index (χ0) is 17.4. The van der Waals surface area contributed by atoms with Crippen LogP contribution in [0, 0.1) is 0 Å². The molecule has 1 N–H and O–H groups in total. The smallest absolute Gasteiger partial charge is 0.305 e. The molecule has 2 aromatic rings. The van der Waals surface area contributed by atoms with Crippen molar-refractivity contribution in [2.24, 2.45) is 0 Å². The van der Waals surface area contributed by atoms with Crippen LogP contribution in [-0.2, 0) is 11.4 Å². The second-order valence-electron chi connectivity index (χ2n) is 5.20. The number of carboxylic acids is 1. The fourth-order valence-corrected chi connectivity index (χ4v) is 2.16. The van der Waals surface area contributed by atoms with Crippen molar-refractivity contribution >= 4 is 11.9 Å². The molecule has 1 heterocycles. The second kappa shape index (κ2) is 8.67. The number of aliphatic carboxylic acids is 1. The number of carboxylic acid groups (broad SMARTS) is 1. The van der Waals surface area contributed by atoms with Gasteiger partial charge < -0.3 is 14.7 Å². The van der Waals surface area contributed by atoms with Gasteiger partial charge in [-0.15, -0.1) is 0 Å². The SMILES string of the molecule is CCN(CCC(=O)O)C(=O)c1ccc(OCc2ccncc2)cc1. The summed E-state index contributed by atoms with van der Waals surface area (Å²) in [6.07, 6.45) is 3.35. The largest absolute Gasteiger partial charge is 0.489 e. The average Bonchev–Trinajstić information content (AvgIpc) is 2.61. The standard InChI is InChI=1S/C18H20N2O4/c1-2-20(12-9-17(21)22)18(23)15-3-5-16(6-4-15)24-13-14-7-10-19-11-8-14/h3-8,10-11H,2,9,12-13H2,1H3,(H,21,22). The lowest BCUT2D eigenvalue weighted by Gasteiger charge is -2.20. The van der Waals surface area contributed by atoms with Crippen LogP contribution in [-0.4, -0.2) is 40.0 Å². The molecule has 1 aromatic carbocycles. The highest BCUT2D eigenvalue weighted by atomic mass is 16.5. The summed E-state index contributed by atoms with van der Waals surface area (Å²) in [6, 6.07) is 10.6. The first-order valence-corrected chi connectivity index (χ1v) is 7.73. The second-order valence-corrected chi connectivity index (χ2v) is 5.20. The average molecular weight is 328 g/mol. The Balaban J connectivity index is 1.94. The maximum atomic E-state index is 12.4. The van der Waals surface area contributed by atoms with Crippen molar-refractivity contribution < 1.29 is 19.4 Å². The summed E-state index contributed by atoms with van der Waals surface area (Å²) < 4.78 is 5.66. The van der Waals surface area contributed by atoms with Crippen molar-refractivity contribution in [2.75, 3.05) is 13.1 Å². The first-order valence-electron chi connectivity index (χ1n) is 7.73. The van der Waals surface area contributed by atoms with E-state index < -0.39 is 5.97 Å². The molecule has 2 rings (SSSR count). The van der Waals surface area contributed by atoms with Gasteiger partial charge in [-0.3, -0.25) is 14.6 Å². The number of hydrogen-bond acceptors (Lipinski definition) is 4. The molecule has 0 radical (unpaired) electrons. The van der Waals surface area contributed by atoms with Gasteiger partial charge >= 0.3 is 5.97 Å². The zero-order valence-corrected chi connectivity index (χ0v) is 13.5. The molecule has 6 nitrogen and oxygen atoms in total. The molecule has 0 fully saturated rings. The molecule has 1 aromatic heterocycles. The summed E-state index contributed by atoms with van der Waals surface area (Å²) in [4.78, 5) is 28.5. The molecule has 0 spiro atoms. The Bertz CT molecular complexity index is 671. The molecule has 0 aliphatic rings. The van der Waals surface area contributed by atoms with E-state index in [1.807, 2.05) is 19.1 Å². The van der Waals surface area contributed by atoms with Crippen molar-refractivity contribution in [3.63, 3.8) is 0 Å². The number of carbonyl (C=O) groups excluding carboxylic acids is 1. The number of aromatic nitrogens is 1. The maximum absolute atomic E-state index is 12.4. The molecular weight excluding hydrogens is 308 g/mol. The minimum atomic E-state index is -0.916. The fourth-order valence-electron chi connectivity index (χ4n) is 2.16. The Kier molecular flexibility index (Phi) is 6.31. The summed E-state index contributed by atoms with van der Waals surface area (Å²) >= 11 is 0. The first-order chi connectivity index (χ1) is 11.6. The Morgan fingerprint density at radius 3 is 2.38 bits per heavy atom. The van der Waals surface area contributed by atoms with Crippen LogP contribution >= 0.6 is 0 Å². The molecule has 0 bridgehead atoms. The minimum absolute atomic E-state index is 0.0628. The number of carbonyl (C=O) groups is 2. The summed E-state index contributed by atoms with van der Waals surface area (Å²) in [5.74, 6) is -0.433. The lowest BCUT2D eigenvalue weighted by Crippen LogP contribution is -2.32. The van der Waals surface area contributed by atoms with Gasteiger partial charge in [-0.1, -0.05) is 0 Å². The number of nitrogens with zero attached hydrogens (tertiary/aromatic N) is 2. The lowest BCUT2D eigenvalue weighted by atomic mass is 10.2. The Labute approximate surface area is 140 Å². The van der Waals surface area contributed by atoms with Crippen LogP contribution in [0.5, 0.6) is 5.75 Å². The molecule has 0 unspecified atom stereocenters. The van der Waals surface area contributed by atoms with E-state index >= 15 is 0 Å². The molecular formula is C18H20N2O4. The minimum Gasteiger partial charge on any atom is -0.489 e. The van der Waals surface area contributed by atoms with Crippen LogP contribution in [0.25, 0.3) is 0 Å². The van der Waals surface area contributed by atoms with Crippen LogP contribution in [0.1, 0.15) is 29.3 Å². The van der Waals surface area contributed by atoms with Crippen molar-refractivity contribution in [2.45, 2.75) is 20.0 Å². The van der Waals surface area contributed by atoms with Gasteiger partial charge in [0.1, 0.15) is 12.4 Å². The molecule has 0 atom stereocenters. The van der Waals surface area contributed by atoms with Crippen LogP contribution < -0.4 is 4.74 Å². The number of amides is 1. The predicted molar refractivity (Wildman–Crippen MR) is 88.8 cm³/mol. The van der Waals surface area contributed by atoms with E-state index in [0.29, 0.717) is 24.5 Å². The van der Waals surface area contributed by atoms with E-state index in [2.05, 4.69) is 4.98 Å². The number of ether oxygens (including phenoxy) is 1. The highest BCUT2D eigenvalue weighted by Gasteiger charge is 2.15. The molecule has 0 aliphatic heterocycles. The van der Waals surface area contributed by atoms with Crippen LogP contribution in [0.4, 0.5) is 0 Å². The van der Waals surface area contributed by atoms with E-state index in [1.165, 1.54) is 4.90 Å². The number of pyridine rings is 1. The van der Waals surface area contributed by atoms with Crippen molar-refractivity contribution in [3.05, 3.63) is 59.9 Å². The van der Waals surface area contributed by atoms with Gasteiger partial charge in [0.05, 0.1) is 6.42 Å². The molecule has 0 saturated carbocycles. The van der Waals surface area contributed by atoms with Gasteiger partial charge in [-0.2, -0.15) is 0 Å². The Morgan fingerprint density at radius 1 is 1.12 bits per heavy atom. The molecule has 6 heteroatoms. The van der Waals surface area contributed by atoms with Gasteiger partial charge in [0.25, 0.3) is 5.91 Å². The van der Waals surface area contributed by atoms with Gasteiger partial charge in [-0.05, 0) is 48.9 Å².